The van der Waals surface area contributed by atoms with Crippen LogP contribution in [0.25, 0.3) is 0 Å². The summed E-state index contributed by atoms with van der Waals surface area (Å²) in [6, 6.07) is 12.5. The van der Waals surface area contributed by atoms with Crippen LogP contribution < -0.4 is 5.32 Å². The molecule has 23 heavy (non-hydrogen) atoms. The lowest BCUT2D eigenvalue weighted by atomic mass is 9.93. The minimum Gasteiger partial charge on any atom is -0.338 e. The lowest BCUT2D eigenvalue weighted by molar-refractivity contribution is -0.127. The Hall–Kier alpha value is -2.14. The average molecular weight is 312 g/mol. The van der Waals surface area contributed by atoms with Gasteiger partial charge in [0.15, 0.2) is 0 Å². The maximum atomic E-state index is 12.1. The predicted molar refractivity (Wildman–Crippen MR) is 89.7 cm³/mol. The van der Waals surface area contributed by atoms with Crippen molar-refractivity contribution >= 4 is 5.91 Å². The molecule has 1 amide bonds. The second-order valence-corrected chi connectivity index (χ2v) is 6.09. The number of likely N-dealkylation sites (tertiary alicyclic amines) is 1. The molecule has 1 aliphatic rings. The topological polar surface area (TPSA) is 50.2 Å². The quantitative estimate of drug-likeness (QED) is 0.890. The van der Waals surface area contributed by atoms with Gasteiger partial charge in [-0.05, 0) is 18.6 Å². The van der Waals surface area contributed by atoms with E-state index in [9.17, 15) is 4.79 Å². The zero-order valence-corrected chi connectivity index (χ0v) is 13.8. The van der Waals surface area contributed by atoms with Crippen LogP contribution in [0.1, 0.15) is 30.6 Å². The predicted octanol–water partition coefficient (Wildman–Crippen LogP) is 2.21. The molecular weight excluding hydrogens is 288 g/mol. The molecule has 1 aromatic carbocycles. The first-order valence-electron chi connectivity index (χ1n) is 8.22. The maximum Gasteiger partial charge on any atom is 0.223 e. The Bertz CT molecular complexity index is 652. The van der Waals surface area contributed by atoms with Crippen LogP contribution in [0, 0.1) is 5.92 Å². The molecule has 5 nitrogen and oxygen atoms in total. The Kier molecular flexibility index (Phi) is 4.76. The summed E-state index contributed by atoms with van der Waals surface area (Å²) in [5, 5.41) is 7.79. The fourth-order valence-corrected chi connectivity index (χ4v) is 3.46. The van der Waals surface area contributed by atoms with Crippen LogP contribution in [0.5, 0.6) is 0 Å². The summed E-state index contributed by atoms with van der Waals surface area (Å²) in [4.78, 5) is 14.0. The van der Waals surface area contributed by atoms with E-state index >= 15 is 0 Å². The van der Waals surface area contributed by atoms with E-state index in [2.05, 4.69) is 29.5 Å². The molecule has 1 saturated heterocycles. The second-order valence-electron chi connectivity index (χ2n) is 6.09. The van der Waals surface area contributed by atoms with Gasteiger partial charge >= 0.3 is 0 Å². The van der Waals surface area contributed by atoms with Gasteiger partial charge in [0.1, 0.15) is 0 Å². The van der Waals surface area contributed by atoms with Crippen molar-refractivity contribution in [2.45, 2.75) is 32.5 Å². The minimum absolute atomic E-state index is 0.160. The Morgan fingerprint density at radius 3 is 2.78 bits per heavy atom. The van der Waals surface area contributed by atoms with Gasteiger partial charge in [0.25, 0.3) is 0 Å². The van der Waals surface area contributed by atoms with Crippen molar-refractivity contribution in [2.24, 2.45) is 5.92 Å². The SMILES string of the molecule is CCn1nccc1CNC[C@H]1CC(=O)N(C)[C@H]1c1ccccc1. The number of aryl methyl sites for hydroxylation is 1. The van der Waals surface area contributed by atoms with E-state index in [-0.39, 0.29) is 11.9 Å². The smallest absolute Gasteiger partial charge is 0.223 e. The molecule has 5 heteroatoms. The van der Waals surface area contributed by atoms with Crippen LogP contribution in [0.3, 0.4) is 0 Å². The van der Waals surface area contributed by atoms with E-state index in [0.717, 1.165) is 19.6 Å². The van der Waals surface area contributed by atoms with Gasteiger partial charge in [-0.15, -0.1) is 0 Å². The number of nitrogens with zero attached hydrogens (tertiary/aromatic N) is 3. The third-order valence-corrected chi connectivity index (χ3v) is 4.65. The Morgan fingerprint density at radius 1 is 1.26 bits per heavy atom. The first-order chi connectivity index (χ1) is 11.2. The third kappa shape index (κ3) is 3.29. The molecule has 1 aromatic heterocycles. The molecule has 0 spiro atoms. The van der Waals surface area contributed by atoms with Crippen LogP contribution in [0.4, 0.5) is 0 Å². The first-order valence-corrected chi connectivity index (χ1v) is 8.22. The molecule has 0 unspecified atom stereocenters. The van der Waals surface area contributed by atoms with Crippen LogP contribution in [0.2, 0.25) is 0 Å². The molecule has 1 N–H and O–H groups in total. The van der Waals surface area contributed by atoms with E-state index in [4.69, 9.17) is 0 Å². The molecule has 2 heterocycles. The summed E-state index contributed by atoms with van der Waals surface area (Å²) < 4.78 is 1.99. The van der Waals surface area contributed by atoms with Crippen LogP contribution in [0.15, 0.2) is 42.6 Å². The summed E-state index contributed by atoms with van der Waals surface area (Å²) in [5.41, 5.74) is 2.40. The number of rotatable bonds is 6. The summed E-state index contributed by atoms with van der Waals surface area (Å²) in [6.07, 6.45) is 2.44. The van der Waals surface area contributed by atoms with Crippen molar-refractivity contribution in [3.05, 3.63) is 53.9 Å². The van der Waals surface area contributed by atoms with E-state index in [0.29, 0.717) is 12.3 Å². The molecule has 1 fully saturated rings. The average Bonchev–Trinajstić information content (AvgIpc) is 3.13. The number of nitrogens with one attached hydrogen (secondary N) is 1. The fraction of sp³-hybridized carbons (Fsp3) is 0.444. The van der Waals surface area contributed by atoms with Crippen LogP contribution in [-0.2, 0) is 17.9 Å². The normalized spacial score (nSPS) is 21.1. The molecule has 0 bridgehead atoms. The molecular formula is C18H24N4O. The summed E-state index contributed by atoms with van der Waals surface area (Å²) >= 11 is 0. The molecule has 0 aliphatic carbocycles. The van der Waals surface area contributed by atoms with Gasteiger partial charge in [0.05, 0.1) is 11.7 Å². The van der Waals surface area contributed by atoms with Gasteiger partial charge < -0.3 is 10.2 Å². The van der Waals surface area contributed by atoms with Crippen molar-refractivity contribution < 1.29 is 4.79 Å². The Balaban J connectivity index is 1.65. The molecule has 2 aromatic rings. The largest absolute Gasteiger partial charge is 0.338 e. The first kappa shape index (κ1) is 15.7. The van der Waals surface area contributed by atoms with Gasteiger partial charge in [0, 0.05) is 45.2 Å². The van der Waals surface area contributed by atoms with Crippen LogP contribution >= 0.6 is 0 Å². The fourth-order valence-electron chi connectivity index (χ4n) is 3.46. The molecule has 0 saturated carbocycles. The zero-order valence-electron chi connectivity index (χ0n) is 13.8. The summed E-state index contributed by atoms with van der Waals surface area (Å²) in [7, 11) is 1.91. The number of amides is 1. The highest BCUT2D eigenvalue weighted by Gasteiger charge is 2.37. The second kappa shape index (κ2) is 6.96. The van der Waals surface area contributed by atoms with E-state index in [1.807, 2.05) is 47.1 Å². The molecule has 0 radical (unpaired) electrons. The zero-order chi connectivity index (χ0) is 16.2. The Labute approximate surface area is 137 Å². The number of carbonyl (C=O) groups is 1. The van der Waals surface area contributed by atoms with Gasteiger partial charge in [-0.25, -0.2) is 0 Å². The van der Waals surface area contributed by atoms with Gasteiger partial charge in [0.2, 0.25) is 5.91 Å². The lowest BCUT2D eigenvalue weighted by Crippen LogP contribution is -2.29. The Morgan fingerprint density at radius 2 is 2.04 bits per heavy atom. The van der Waals surface area contributed by atoms with Crippen molar-refractivity contribution in [1.29, 1.82) is 0 Å². The highest BCUT2D eigenvalue weighted by molar-refractivity contribution is 5.79. The summed E-state index contributed by atoms with van der Waals surface area (Å²) in [5.74, 6) is 0.525. The van der Waals surface area contributed by atoms with Gasteiger partial charge in [-0.3, -0.25) is 9.48 Å². The summed E-state index contributed by atoms with van der Waals surface area (Å²) in [6.45, 7) is 4.57. The van der Waals surface area contributed by atoms with Crippen molar-refractivity contribution in [2.75, 3.05) is 13.6 Å². The highest BCUT2D eigenvalue weighted by atomic mass is 16.2. The van der Waals surface area contributed by atoms with Crippen LogP contribution in [-0.4, -0.2) is 34.2 Å². The van der Waals surface area contributed by atoms with Crippen molar-refractivity contribution in [1.82, 2.24) is 20.0 Å². The van der Waals surface area contributed by atoms with Gasteiger partial charge in [-0.2, -0.15) is 5.10 Å². The highest BCUT2D eigenvalue weighted by Crippen LogP contribution is 2.36. The molecule has 3 rings (SSSR count). The molecule has 122 valence electrons. The van der Waals surface area contributed by atoms with Crippen molar-refractivity contribution in [3.63, 3.8) is 0 Å². The molecule has 2 atom stereocenters. The standard InChI is InChI=1S/C18H24N4O/c1-3-22-16(9-10-20-22)13-19-12-15-11-17(23)21(2)18(15)14-7-5-4-6-8-14/h4-10,15,18-19H,3,11-13H2,1-2H3/t15-,18+/m1/s1. The number of benzene rings is 1. The number of carbonyl (C=O) groups excluding carboxylic acids is 1. The lowest BCUT2D eigenvalue weighted by Gasteiger charge is -2.25. The minimum atomic E-state index is 0.160. The maximum absolute atomic E-state index is 12.1. The number of hydrogen-bond acceptors (Lipinski definition) is 3. The molecule has 1 aliphatic heterocycles. The monoisotopic (exact) mass is 312 g/mol. The van der Waals surface area contributed by atoms with Crippen molar-refractivity contribution in [3.8, 4) is 0 Å². The van der Waals surface area contributed by atoms with E-state index in [1.165, 1.54) is 11.3 Å². The van der Waals surface area contributed by atoms with E-state index in [1.54, 1.807) is 0 Å². The third-order valence-electron chi connectivity index (χ3n) is 4.65. The van der Waals surface area contributed by atoms with E-state index < -0.39 is 0 Å². The number of aromatic nitrogens is 2. The van der Waals surface area contributed by atoms with Gasteiger partial charge in [-0.1, -0.05) is 30.3 Å². The number of hydrogen-bond donors (Lipinski definition) is 1.